The molecule has 0 aliphatic heterocycles. The number of carbonyl (C=O) groups excluding carboxylic acids is 1. The Morgan fingerprint density at radius 1 is 1.31 bits per heavy atom. The number of Topliss-reactive ketones (excluding diaryl/α,β-unsaturated/α-hetero) is 1. The fourth-order valence-electron chi connectivity index (χ4n) is 5.42. The molecule has 6 heteroatoms. The summed E-state index contributed by atoms with van der Waals surface area (Å²) in [5, 5.41) is 13.2. The molecule has 1 aromatic carbocycles. The Bertz CT molecular complexity index is 1160. The maximum Gasteiger partial charge on any atom is 0.158 e. The molecule has 198 valence electrons. The lowest BCUT2D eigenvalue weighted by atomic mass is 9.77. The van der Waals surface area contributed by atoms with Crippen LogP contribution in [0.4, 0.5) is 4.39 Å². The first kappa shape index (κ1) is 29.8. The third-order valence-electron chi connectivity index (χ3n) is 7.06. The minimum absolute atomic E-state index is 0.0362. The fourth-order valence-corrected chi connectivity index (χ4v) is 5.42. The highest BCUT2D eigenvalue weighted by Gasteiger charge is 2.28. The van der Waals surface area contributed by atoms with Gasteiger partial charge in [-0.2, -0.15) is 0 Å². The number of hydrogen-bond acceptors (Lipinski definition) is 5. The molecule has 0 spiro atoms. The molecule has 0 amide bonds. The van der Waals surface area contributed by atoms with Crippen molar-refractivity contribution >= 4 is 22.3 Å². The number of aromatic nitrogens is 1. The molecule has 5 nitrogen and oxygen atoms in total. The van der Waals surface area contributed by atoms with Crippen molar-refractivity contribution < 1.29 is 24.4 Å². The predicted molar refractivity (Wildman–Crippen MR) is 145 cm³/mol. The normalized spacial score (nSPS) is 16.1. The third-order valence-corrected chi connectivity index (χ3v) is 7.06. The number of halogens is 1. The number of hydrogen-bond donors (Lipinski definition) is 2. The number of rotatable bonds is 9. The first-order valence-electron chi connectivity index (χ1n) is 12.9. The van der Waals surface area contributed by atoms with Gasteiger partial charge < -0.3 is 4.74 Å². The number of benzene rings is 1. The van der Waals surface area contributed by atoms with Crippen LogP contribution in [0.2, 0.25) is 0 Å². The summed E-state index contributed by atoms with van der Waals surface area (Å²) in [7, 11) is 1.62. The highest BCUT2D eigenvalue weighted by Crippen LogP contribution is 2.43. The van der Waals surface area contributed by atoms with Crippen LogP contribution in [0.25, 0.3) is 16.5 Å². The lowest BCUT2D eigenvalue weighted by Crippen LogP contribution is -2.16. The molecule has 36 heavy (non-hydrogen) atoms. The average molecular weight is 500 g/mol. The Hall–Kier alpha value is -2.41. The third kappa shape index (κ3) is 6.28. The molecule has 0 bridgehead atoms. The van der Waals surface area contributed by atoms with Gasteiger partial charge in [0.25, 0.3) is 0 Å². The summed E-state index contributed by atoms with van der Waals surface area (Å²) in [5.41, 5.74) is 8.94. The molecule has 0 radical (unpaired) electrons. The van der Waals surface area contributed by atoms with Crippen LogP contribution in [0.15, 0.2) is 23.3 Å². The van der Waals surface area contributed by atoms with Crippen molar-refractivity contribution in [2.75, 3.05) is 13.7 Å². The number of ether oxygens (including phenoxy) is 1. The Kier molecular flexibility index (Phi) is 11.0. The number of carbonyl (C=O) groups is 1. The smallest absolute Gasteiger partial charge is 0.158 e. The lowest BCUT2D eigenvalue weighted by Gasteiger charge is -2.29. The van der Waals surface area contributed by atoms with Gasteiger partial charge in [-0.3, -0.25) is 15.3 Å². The van der Waals surface area contributed by atoms with Crippen LogP contribution in [-0.2, 0) is 22.4 Å². The molecule has 1 aliphatic rings. The van der Waals surface area contributed by atoms with Crippen LogP contribution >= 0.6 is 0 Å². The molecule has 1 atom stereocenters. The Morgan fingerprint density at radius 3 is 2.53 bits per heavy atom. The summed E-state index contributed by atoms with van der Waals surface area (Å²) >= 11 is 0. The molecule has 0 fully saturated rings. The predicted octanol–water partition coefficient (Wildman–Crippen LogP) is 7.68. The van der Waals surface area contributed by atoms with Crippen LogP contribution in [-0.4, -0.2) is 35.0 Å². The van der Waals surface area contributed by atoms with Gasteiger partial charge in [-0.25, -0.2) is 9.37 Å². The SMILES string of the molecule is CCCC(/C=C(\C)c1nc2cc(F)c(C)c3c2c(c1CC(C)C)[C@@H](C)CC3)=C(\COC)C(C)=O.OO. The molecule has 0 unspecified atom stereocenters. The molecule has 2 aromatic rings. The van der Waals surface area contributed by atoms with Crippen molar-refractivity contribution in [3.05, 3.63) is 57.1 Å². The highest BCUT2D eigenvalue weighted by molar-refractivity contribution is 5.95. The number of aryl methyl sites for hydroxylation is 1. The molecule has 0 saturated carbocycles. The molecule has 1 heterocycles. The minimum atomic E-state index is -0.176. The van der Waals surface area contributed by atoms with E-state index in [1.807, 2.05) is 6.92 Å². The molecule has 0 saturated heterocycles. The molecular formula is C30H42FNO4. The molecular weight excluding hydrogens is 457 g/mol. The van der Waals surface area contributed by atoms with Crippen LogP contribution in [0.3, 0.4) is 0 Å². The van der Waals surface area contributed by atoms with Crippen LogP contribution < -0.4 is 0 Å². The largest absolute Gasteiger partial charge is 0.380 e. The summed E-state index contributed by atoms with van der Waals surface area (Å²) in [6.45, 7) is 14.7. The van der Waals surface area contributed by atoms with Crippen molar-refractivity contribution in [2.24, 2.45) is 5.92 Å². The van der Waals surface area contributed by atoms with E-state index in [4.69, 9.17) is 20.2 Å². The van der Waals surface area contributed by atoms with Gasteiger partial charge in [0, 0.05) is 24.1 Å². The second-order valence-corrected chi connectivity index (χ2v) is 10.3. The maximum absolute atomic E-state index is 14.9. The molecule has 2 N–H and O–H groups in total. The standard InChI is InChI=1S/C30H40FNO2.H2O2/c1-9-10-22(25(16-34-8)21(7)33)14-19(5)30-24(13-17(2)3)28-18(4)11-12-23-20(6)26(31)15-27(32-30)29(23)28;1-2/h14-15,17-18H,9-13,16H2,1-8H3;1-2H/b19-14+,25-22-;/t18-;/m0./s1. The number of pyridine rings is 1. The summed E-state index contributed by atoms with van der Waals surface area (Å²) in [6, 6.07) is 1.61. The van der Waals surface area contributed by atoms with Crippen molar-refractivity contribution in [1.29, 1.82) is 0 Å². The average Bonchev–Trinajstić information content (AvgIpc) is 2.83. The summed E-state index contributed by atoms with van der Waals surface area (Å²) in [4.78, 5) is 17.5. The number of nitrogens with zero attached hydrogens (tertiary/aromatic N) is 1. The van der Waals surface area contributed by atoms with Gasteiger partial charge in [-0.1, -0.05) is 40.2 Å². The second kappa shape index (κ2) is 13.2. The number of ketones is 1. The van der Waals surface area contributed by atoms with Gasteiger partial charge in [0.1, 0.15) is 5.82 Å². The number of allylic oxidation sites excluding steroid dienone is 3. The van der Waals surface area contributed by atoms with E-state index < -0.39 is 0 Å². The summed E-state index contributed by atoms with van der Waals surface area (Å²) in [6.07, 6.45) is 6.68. The van der Waals surface area contributed by atoms with E-state index >= 15 is 0 Å². The van der Waals surface area contributed by atoms with Crippen LogP contribution in [0, 0.1) is 18.7 Å². The zero-order valence-corrected chi connectivity index (χ0v) is 23.1. The van der Waals surface area contributed by atoms with Crippen molar-refractivity contribution in [3.8, 4) is 0 Å². The monoisotopic (exact) mass is 499 g/mol. The van der Waals surface area contributed by atoms with E-state index in [0.29, 0.717) is 24.0 Å². The number of methoxy groups -OCH3 is 1. The quantitative estimate of drug-likeness (QED) is 0.160. The molecule has 1 aliphatic carbocycles. The molecule has 3 rings (SSSR count). The van der Waals surface area contributed by atoms with Gasteiger partial charge in [-0.15, -0.1) is 0 Å². The highest BCUT2D eigenvalue weighted by atomic mass is 19.1. The molecule has 1 aromatic heterocycles. The van der Waals surface area contributed by atoms with E-state index in [1.54, 1.807) is 20.1 Å². The Morgan fingerprint density at radius 2 is 1.97 bits per heavy atom. The first-order valence-corrected chi connectivity index (χ1v) is 12.9. The van der Waals surface area contributed by atoms with Gasteiger partial charge in [0.2, 0.25) is 0 Å². The van der Waals surface area contributed by atoms with Crippen molar-refractivity contribution in [2.45, 2.75) is 86.5 Å². The van der Waals surface area contributed by atoms with E-state index in [-0.39, 0.29) is 11.6 Å². The summed E-state index contributed by atoms with van der Waals surface area (Å²) in [5.74, 6) is 0.725. The Labute approximate surface area is 215 Å². The zero-order valence-electron chi connectivity index (χ0n) is 23.1. The van der Waals surface area contributed by atoms with Gasteiger partial charge in [-0.05, 0) is 91.7 Å². The zero-order chi connectivity index (χ0) is 27.2. The maximum atomic E-state index is 14.9. The van der Waals surface area contributed by atoms with Crippen LogP contribution in [0.5, 0.6) is 0 Å². The Balaban J connectivity index is 0.00000222. The minimum Gasteiger partial charge on any atom is -0.380 e. The van der Waals surface area contributed by atoms with Crippen molar-refractivity contribution in [1.82, 2.24) is 4.98 Å². The van der Waals surface area contributed by atoms with Gasteiger partial charge in [0.05, 0.1) is 17.8 Å². The second-order valence-electron chi connectivity index (χ2n) is 10.3. The van der Waals surface area contributed by atoms with E-state index in [9.17, 15) is 9.18 Å². The summed E-state index contributed by atoms with van der Waals surface area (Å²) < 4.78 is 20.2. The topological polar surface area (TPSA) is 79.7 Å². The lowest BCUT2D eigenvalue weighted by molar-refractivity contribution is -0.176. The first-order chi connectivity index (χ1) is 17.1. The van der Waals surface area contributed by atoms with Gasteiger partial charge in [0.15, 0.2) is 5.78 Å². The van der Waals surface area contributed by atoms with Gasteiger partial charge >= 0.3 is 0 Å². The van der Waals surface area contributed by atoms with E-state index in [1.165, 1.54) is 11.1 Å². The fraction of sp³-hybridized carbons (Fsp3) is 0.533. The van der Waals surface area contributed by atoms with E-state index in [0.717, 1.165) is 71.0 Å². The van der Waals surface area contributed by atoms with Crippen LogP contribution in [0.1, 0.15) is 94.7 Å². The van der Waals surface area contributed by atoms with Crippen molar-refractivity contribution in [3.63, 3.8) is 0 Å². The van der Waals surface area contributed by atoms with E-state index in [2.05, 4.69) is 40.7 Å².